The summed E-state index contributed by atoms with van der Waals surface area (Å²) in [6.07, 6.45) is 0.583. The van der Waals surface area contributed by atoms with E-state index in [0.717, 1.165) is 16.9 Å². The summed E-state index contributed by atoms with van der Waals surface area (Å²) < 4.78 is 10.6. The van der Waals surface area contributed by atoms with Crippen LogP contribution in [0.25, 0.3) is 0 Å². The number of rotatable bonds is 8. The number of hydrogen-bond donors (Lipinski definition) is 1. The van der Waals surface area contributed by atoms with Crippen LogP contribution in [0.1, 0.15) is 48.4 Å². The van der Waals surface area contributed by atoms with Gasteiger partial charge in [0.2, 0.25) is 0 Å². The van der Waals surface area contributed by atoms with Crippen LogP contribution in [0.15, 0.2) is 60.7 Å². The van der Waals surface area contributed by atoms with Gasteiger partial charge in [0.05, 0.1) is 18.8 Å². The van der Waals surface area contributed by atoms with Crippen molar-refractivity contribution in [2.24, 2.45) is 0 Å². The summed E-state index contributed by atoms with van der Waals surface area (Å²) in [5.74, 6) is -1.51. The lowest BCUT2D eigenvalue weighted by atomic mass is 10.1. The summed E-state index contributed by atoms with van der Waals surface area (Å²) in [7, 11) is 0. The van der Waals surface area contributed by atoms with E-state index in [2.05, 4.69) is 5.32 Å². The Morgan fingerprint density at radius 3 is 2.19 bits per heavy atom. The lowest BCUT2D eigenvalue weighted by molar-refractivity contribution is 0.0514. The molecule has 1 aromatic heterocycles. The van der Waals surface area contributed by atoms with Gasteiger partial charge in [-0.25, -0.2) is 9.59 Å². The average Bonchev–Trinajstić information content (AvgIpc) is 3.11. The van der Waals surface area contributed by atoms with E-state index in [9.17, 15) is 14.4 Å². The van der Waals surface area contributed by atoms with E-state index in [0.29, 0.717) is 17.5 Å². The van der Waals surface area contributed by atoms with Crippen molar-refractivity contribution in [3.8, 4) is 0 Å². The van der Waals surface area contributed by atoms with Crippen molar-refractivity contribution < 1.29 is 23.9 Å². The molecule has 1 N–H and O–H groups in total. The van der Waals surface area contributed by atoms with Crippen molar-refractivity contribution in [1.29, 1.82) is 0 Å². The number of ether oxygens (including phenoxy) is 2. The maximum atomic E-state index is 12.7. The van der Waals surface area contributed by atoms with Gasteiger partial charge in [-0.05, 0) is 37.1 Å². The van der Waals surface area contributed by atoms with E-state index in [1.54, 1.807) is 44.2 Å². The third-order valence-electron chi connectivity index (χ3n) is 4.54. The number of anilines is 1. The second-order valence-corrected chi connectivity index (χ2v) is 7.69. The zero-order chi connectivity index (χ0) is 22.2. The Bertz CT molecular complexity index is 1060. The van der Waals surface area contributed by atoms with Crippen LogP contribution in [0, 0.1) is 6.92 Å². The minimum Gasteiger partial charge on any atom is -0.462 e. The summed E-state index contributed by atoms with van der Waals surface area (Å²) in [6.45, 7) is 3.73. The first-order valence-electron chi connectivity index (χ1n) is 9.89. The van der Waals surface area contributed by atoms with Crippen molar-refractivity contribution >= 4 is 34.2 Å². The summed E-state index contributed by atoms with van der Waals surface area (Å²) in [5.41, 5.74) is 2.10. The third kappa shape index (κ3) is 5.58. The molecular weight excluding hydrogens is 414 g/mol. The standard InChI is InChI=1S/C24H23NO5S/c1-3-29-23(27)19-16(2)20(24(28)30-15-14-17-10-6-4-7-11-17)31-22(19)25-21(26)18-12-8-5-9-13-18/h4-13H,3,14-15H2,1-2H3,(H,25,26). The highest BCUT2D eigenvalue weighted by Gasteiger charge is 2.27. The largest absolute Gasteiger partial charge is 0.462 e. The van der Waals surface area contributed by atoms with Gasteiger partial charge in [-0.1, -0.05) is 48.5 Å². The van der Waals surface area contributed by atoms with Gasteiger partial charge in [0.1, 0.15) is 9.88 Å². The molecule has 0 saturated carbocycles. The Balaban J connectivity index is 1.80. The van der Waals surface area contributed by atoms with Crippen LogP contribution < -0.4 is 5.32 Å². The number of esters is 2. The molecule has 1 heterocycles. The van der Waals surface area contributed by atoms with Gasteiger partial charge in [-0.15, -0.1) is 11.3 Å². The van der Waals surface area contributed by atoms with Crippen molar-refractivity contribution in [3.05, 3.63) is 87.8 Å². The molecule has 0 saturated heterocycles. The number of amides is 1. The van der Waals surface area contributed by atoms with Gasteiger partial charge in [-0.2, -0.15) is 0 Å². The molecule has 160 valence electrons. The van der Waals surface area contributed by atoms with Crippen molar-refractivity contribution in [2.45, 2.75) is 20.3 Å². The molecule has 0 aliphatic carbocycles. The second-order valence-electron chi connectivity index (χ2n) is 6.67. The number of benzene rings is 2. The van der Waals surface area contributed by atoms with E-state index in [1.165, 1.54) is 0 Å². The minimum atomic E-state index is -0.594. The molecule has 0 aliphatic rings. The molecule has 31 heavy (non-hydrogen) atoms. The van der Waals surface area contributed by atoms with E-state index >= 15 is 0 Å². The fraction of sp³-hybridized carbons (Fsp3) is 0.208. The molecule has 2 aromatic carbocycles. The molecule has 0 bridgehead atoms. The number of carbonyl (C=O) groups excluding carboxylic acids is 3. The van der Waals surface area contributed by atoms with E-state index in [-0.39, 0.29) is 34.6 Å². The van der Waals surface area contributed by atoms with Crippen LogP contribution in [0.4, 0.5) is 5.00 Å². The van der Waals surface area contributed by atoms with Crippen LogP contribution >= 0.6 is 11.3 Å². The molecule has 0 spiro atoms. The van der Waals surface area contributed by atoms with Crippen LogP contribution in [0.3, 0.4) is 0 Å². The number of nitrogens with one attached hydrogen (secondary N) is 1. The SMILES string of the molecule is CCOC(=O)c1c(NC(=O)c2ccccc2)sc(C(=O)OCCc2ccccc2)c1C. The summed E-state index contributed by atoms with van der Waals surface area (Å²) in [4.78, 5) is 38.1. The van der Waals surface area contributed by atoms with Gasteiger partial charge in [0.15, 0.2) is 0 Å². The zero-order valence-corrected chi connectivity index (χ0v) is 18.2. The first-order chi connectivity index (χ1) is 15.0. The highest BCUT2D eigenvalue weighted by molar-refractivity contribution is 7.18. The number of thiophene rings is 1. The molecule has 7 heteroatoms. The molecular formula is C24H23NO5S. The first-order valence-corrected chi connectivity index (χ1v) is 10.7. The third-order valence-corrected chi connectivity index (χ3v) is 5.73. The molecule has 0 fully saturated rings. The lowest BCUT2D eigenvalue weighted by Crippen LogP contribution is -2.14. The molecule has 3 rings (SSSR count). The van der Waals surface area contributed by atoms with Crippen LogP contribution in [0.5, 0.6) is 0 Å². The number of hydrogen-bond acceptors (Lipinski definition) is 6. The normalized spacial score (nSPS) is 10.4. The summed E-state index contributed by atoms with van der Waals surface area (Å²) >= 11 is 1.01. The predicted octanol–water partition coefficient (Wildman–Crippen LogP) is 4.89. The van der Waals surface area contributed by atoms with Crippen molar-refractivity contribution in [2.75, 3.05) is 18.5 Å². The van der Waals surface area contributed by atoms with Gasteiger partial charge in [0, 0.05) is 12.0 Å². The van der Waals surface area contributed by atoms with Gasteiger partial charge in [0.25, 0.3) is 5.91 Å². The molecule has 0 atom stereocenters. The van der Waals surface area contributed by atoms with Crippen LogP contribution in [-0.2, 0) is 15.9 Å². The second kappa shape index (κ2) is 10.5. The Hall–Kier alpha value is -3.45. The van der Waals surface area contributed by atoms with Crippen molar-refractivity contribution in [3.63, 3.8) is 0 Å². The smallest absolute Gasteiger partial charge is 0.348 e. The molecule has 0 unspecified atom stereocenters. The highest BCUT2D eigenvalue weighted by atomic mass is 32.1. The van der Waals surface area contributed by atoms with Crippen LogP contribution in [-0.4, -0.2) is 31.1 Å². The van der Waals surface area contributed by atoms with E-state index in [4.69, 9.17) is 9.47 Å². The minimum absolute atomic E-state index is 0.172. The fourth-order valence-electron chi connectivity index (χ4n) is 2.98. The van der Waals surface area contributed by atoms with Gasteiger partial charge in [-0.3, -0.25) is 4.79 Å². The molecule has 3 aromatic rings. The Morgan fingerprint density at radius 2 is 1.55 bits per heavy atom. The van der Waals surface area contributed by atoms with Gasteiger partial charge < -0.3 is 14.8 Å². The Labute approximate surface area is 184 Å². The van der Waals surface area contributed by atoms with E-state index in [1.807, 2.05) is 30.3 Å². The molecule has 1 amide bonds. The molecule has 6 nitrogen and oxygen atoms in total. The highest BCUT2D eigenvalue weighted by Crippen LogP contribution is 2.34. The van der Waals surface area contributed by atoms with Crippen LogP contribution in [0.2, 0.25) is 0 Å². The Kier molecular flexibility index (Phi) is 7.56. The summed E-state index contributed by atoms with van der Waals surface area (Å²) in [6, 6.07) is 18.3. The lowest BCUT2D eigenvalue weighted by Gasteiger charge is -2.07. The fourth-order valence-corrected chi connectivity index (χ4v) is 4.07. The summed E-state index contributed by atoms with van der Waals surface area (Å²) in [5, 5.41) is 3.00. The van der Waals surface area contributed by atoms with E-state index < -0.39 is 11.9 Å². The topological polar surface area (TPSA) is 81.7 Å². The zero-order valence-electron chi connectivity index (χ0n) is 17.3. The maximum absolute atomic E-state index is 12.7. The van der Waals surface area contributed by atoms with Crippen molar-refractivity contribution in [1.82, 2.24) is 0 Å². The molecule has 0 aliphatic heterocycles. The quantitative estimate of drug-likeness (QED) is 0.508. The first kappa shape index (κ1) is 22.2. The number of carbonyl (C=O) groups is 3. The molecule has 0 radical (unpaired) electrons. The maximum Gasteiger partial charge on any atom is 0.348 e. The average molecular weight is 438 g/mol. The Morgan fingerprint density at radius 1 is 0.903 bits per heavy atom. The predicted molar refractivity (Wildman–Crippen MR) is 120 cm³/mol. The monoisotopic (exact) mass is 437 g/mol. The van der Waals surface area contributed by atoms with Gasteiger partial charge >= 0.3 is 11.9 Å².